The highest BCUT2D eigenvalue weighted by Crippen LogP contribution is 1.90. The molecule has 0 aliphatic rings. The second kappa shape index (κ2) is 2.49. The van der Waals surface area contributed by atoms with Crippen LogP contribution in [0.3, 0.4) is 0 Å². The van der Waals surface area contributed by atoms with E-state index in [-0.39, 0.29) is 5.88 Å². The first-order valence-electron chi connectivity index (χ1n) is 1.63. The van der Waals surface area contributed by atoms with Gasteiger partial charge in [0, 0.05) is 10.7 Å². The largest absolute Gasteiger partial charge is 0.306 e. The van der Waals surface area contributed by atoms with Crippen molar-refractivity contribution in [1.82, 2.24) is 5.32 Å². The first-order chi connectivity index (χ1) is 3.06. The Hall–Kier alpha value is 0.200. The molecule has 0 aromatic carbocycles. The highest BCUT2D eigenvalue weighted by Gasteiger charge is 1.98. The van der Waals surface area contributed by atoms with Gasteiger partial charge in [-0.1, -0.05) is 0 Å². The molecule has 44 valence electrons. The van der Waals surface area contributed by atoms with Gasteiger partial charge >= 0.3 is 0 Å². The fraction of sp³-hybridized carbons (Fsp3) is 1.00. The van der Waals surface area contributed by atoms with Crippen molar-refractivity contribution in [3.05, 3.63) is 0 Å². The maximum absolute atomic E-state index is 9.93. The van der Waals surface area contributed by atoms with E-state index >= 15 is 0 Å². The topological polar surface area (TPSA) is 46.2 Å². The van der Waals surface area contributed by atoms with Crippen molar-refractivity contribution in [2.75, 3.05) is 12.9 Å². The molecule has 0 aromatic rings. The van der Waals surface area contributed by atoms with E-state index in [4.69, 9.17) is 10.7 Å². The van der Waals surface area contributed by atoms with Gasteiger partial charge in [0.2, 0.25) is 9.05 Å². The molecule has 0 saturated carbocycles. The number of hydrogen-bond donors (Lipinski definition) is 1. The molecule has 0 bridgehead atoms. The number of nitrogens with one attached hydrogen (secondary N) is 1. The number of hydrogen-bond acceptors (Lipinski definition) is 3. The summed E-state index contributed by atoms with van der Waals surface area (Å²) in [4.78, 5) is 0. The van der Waals surface area contributed by atoms with Gasteiger partial charge in [-0.2, -0.15) is 0 Å². The summed E-state index contributed by atoms with van der Waals surface area (Å²) in [5.74, 6) is -0.172. The van der Waals surface area contributed by atoms with Crippen LogP contribution < -0.4 is 5.32 Å². The minimum Gasteiger partial charge on any atom is -0.306 e. The zero-order valence-corrected chi connectivity index (χ0v) is 5.38. The van der Waals surface area contributed by atoms with Crippen LogP contribution in [0.5, 0.6) is 0 Å². The molecule has 0 amide bonds. The molecule has 0 fully saturated rings. The van der Waals surface area contributed by atoms with E-state index in [1.165, 1.54) is 7.05 Å². The Bertz CT molecular complexity index is 129. The second-order valence-corrected chi connectivity index (χ2v) is 3.81. The van der Waals surface area contributed by atoms with Crippen molar-refractivity contribution in [2.45, 2.75) is 0 Å². The minimum absolute atomic E-state index is 0.172. The molecule has 0 unspecified atom stereocenters. The summed E-state index contributed by atoms with van der Waals surface area (Å²) >= 11 is 0. The van der Waals surface area contributed by atoms with Crippen LogP contribution in [0.15, 0.2) is 0 Å². The van der Waals surface area contributed by atoms with Crippen LogP contribution in [0.1, 0.15) is 0 Å². The summed E-state index contributed by atoms with van der Waals surface area (Å²) in [5.41, 5.74) is 0. The molecule has 0 atom stereocenters. The third-order valence-electron chi connectivity index (χ3n) is 0.317. The van der Waals surface area contributed by atoms with E-state index in [2.05, 4.69) is 5.32 Å². The Morgan fingerprint density at radius 1 is 1.71 bits per heavy atom. The molecule has 3 nitrogen and oxygen atoms in total. The van der Waals surface area contributed by atoms with E-state index in [9.17, 15) is 8.42 Å². The van der Waals surface area contributed by atoms with Crippen molar-refractivity contribution in [3.63, 3.8) is 0 Å². The van der Waals surface area contributed by atoms with E-state index in [1.807, 2.05) is 0 Å². The Morgan fingerprint density at radius 2 is 2.14 bits per heavy atom. The monoisotopic (exact) mass is 143 g/mol. The van der Waals surface area contributed by atoms with Crippen LogP contribution in [0.25, 0.3) is 0 Å². The van der Waals surface area contributed by atoms with E-state index in [0.717, 1.165) is 0 Å². The van der Waals surface area contributed by atoms with Gasteiger partial charge in [0.1, 0.15) is 5.88 Å². The predicted molar refractivity (Wildman–Crippen MR) is 28.7 cm³/mol. The lowest BCUT2D eigenvalue weighted by atomic mass is 11.3. The van der Waals surface area contributed by atoms with Crippen LogP contribution >= 0.6 is 10.7 Å². The molecule has 0 rings (SSSR count). The average molecular weight is 144 g/mol. The normalized spacial score (nSPS) is 11.7. The lowest BCUT2D eigenvalue weighted by Gasteiger charge is -1.87. The fourth-order valence-electron chi connectivity index (χ4n) is 0.172. The summed E-state index contributed by atoms with van der Waals surface area (Å²) < 4.78 is 19.9. The first-order valence-corrected chi connectivity index (χ1v) is 4.11. The van der Waals surface area contributed by atoms with Crippen LogP contribution in [0, 0.1) is 0 Å². The van der Waals surface area contributed by atoms with Crippen LogP contribution in [-0.4, -0.2) is 21.3 Å². The van der Waals surface area contributed by atoms with Gasteiger partial charge in [-0.3, -0.25) is 0 Å². The van der Waals surface area contributed by atoms with Gasteiger partial charge in [0.15, 0.2) is 0 Å². The molecule has 0 aliphatic carbocycles. The minimum atomic E-state index is -3.31. The van der Waals surface area contributed by atoms with Gasteiger partial charge in [0.25, 0.3) is 0 Å². The van der Waals surface area contributed by atoms with Gasteiger partial charge < -0.3 is 5.32 Å². The van der Waals surface area contributed by atoms with Crippen LogP contribution in [0.4, 0.5) is 0 Å². The summed E-state index contributed by atoms with van der Waals surface area (Å²) in [5, 5.41) is 2.39. The number of rotatable bonds is 2. The van der Waals surface area contributed by atoms with Crippen molar-refractivity contribution in [1.29, 1.82) is 0 Å². The van der Waals surface area contributed by atoms with Crippen molar-refractivity contribution < 1.29 is 8.42 Å². The quantitative estimate of drug-likeness (QED) is 0.542. The number of halogens is 1. The highest BCUT2D eigenvalue weighted by atomic mass is 35.7. The SMILES string of the molecule is CNCS(=O)(=O)Cl. The molecule has 0 saturated heterocycles. The maximum atomic E-state index is 9.93. The fourth-order valence-corrected chi connectivity index (χ4v) is 0.845. The van der Waals surface area contributed by atoms with E-state index < -0.39 is 9.05 Å². The summed E-state index contributed by atoms with van der Waals surface area (Å²) in [7, 11) is 2.94. The molecule has 0 radical (unpaired) electrons. The molecular weight excluding hydrogens is 138 g/mol. The second-order valence-electron chi connectivity index (χ2n) is 1.04. The maximum Gasteiger partial charge on any atom is 0.245 e. The van der Waals surface area contributed by atoms with Crippen molar-refractivity contribution in [2.24, 2.45) is 0 Å². The average Bonchev–Trinajstić information content (AvgIpc) is 1.30. The molecule has 5 heteroatoms. The van der Waals surface area contributed by atoms with E-state index in [0.29, 0.717) is 0 Å². The van der Waals surface area contributed by atoms with Crippen molar-refractivity contribution >= 4 is 19.7 Å². The molecule has 0 aromatic heterocycles. The van der Waals surface area contributed by atoms with Gasteiger partial charge in [-0.15, -0.1) is 0 Å². The summed E-state index contributed by atoms with van der Waals surface area (Å²) in [6, 6.07) is 0. The molecule has 7 heavy (non-hydrogen) atoms. The Labute approximate surface area is 47.1 Å². The first kappa shape index (κ1) is 7.20. The molecule has 1 N–H and O–H groups in total. The van der Waals surface area contributed by atoms with Crippen LogP contribution in [0.2, 0.25) is 0 Å². The zero-order valence-electron chi connectivity index (χ0n) is 3.81. The molecule has 0 aliphatic heterocycles. The van der Waals surface area contributed by atoms with Crippen LogP contribution in [-0.2, 0) is 9.05 Å². The molecule has 0 spiro atoms. The Balaban J connectivity index is 3.60. The molecular formula is C2H6ClNO2S. The van der Waals surface area contributed by atoms with Gasteiger partial charge in [-0.05, 0) is 7.05 Å². The lowest BCUT2D eigenvalue weighted by molar-refractivity contribution is 0.605. The highest BCUT2D eigenvalue weighted by molar-refractivity contribution is 8.13. The third kappa shape index (κ3) is 6.20. The standard InChI is InChI=1S/C2H6ClNO2S/c1-4-2-7(3,5)6/h4H,2H2,1H3. The van der Waals surface area contributed by atoms with Gasteiger partial charge in [0.05, 0.1) is 0 Å². The van der Waals surface area contributed by atoms with E-state index in [1.54, 1.807) is 0 Å². The third-order valence-corrected chi connectivity index (χ3v) is 1.28. The molecule has 0 heterocycles. The van der Waals surface area contributed by atoms with Gasteiger partial charge in [-0.25, -0.2) is 8.42 Å². The summed E-state index contributed by atoms with van der Waals surface area (Å²) in [6.07, 6.45) is 0. The van der Waals surface area contributed by atoms with Crippen molar-refractivity contribution in [3.8, 4) is 0 Å². The predicted octanol–water partition coefficient (Wildman–Crippen LogP) is -0.268. The zero-order chi connectivity index (χ0) is 5.91. The Morgan fingerprint density at radius 3 is 2.14 bits per heavy atom. The smallest absolute Gasteiger partial charge is 0.245 e. The Kier molecular flexibility index (Phi) is 2.56. The lowest BCUT2D eigenvalue weighted by Crippen LogP contribution is -2.13. The summed E-state index contributed by atoms with van der Waals surface area (Å²) in [6.45, 7) is 0.